The van der Waals surface area contributed by atoms with E-state index < -0.39 is 0 Å². The molecule has 0 spiro atoms. The maximum absolute atomic E-state index is 5.83. The first-order valence-electron chi connectivity index (χ1n) is 6.55. The molecule has 0 heterocycles. The summed E-state index contributed by atoms with van der Waals surface area (Å²) in [5, 5.41) is 0.584. The van der Waals surface area contributed by atoms with Crippen LogP contribution in [0.2, 0.25) is 5.02 Å². The van der Waals surface area contributed by atoms with Crippen LogP contribution in [0.3, 0.4) is 0 Å². The zero-order valence-corrected chi connectivity index (χ0v) is 12.8. The van der Waals surface area contributed by atoms with Crippen LogP contribution in [0.1, 0.15) is 5.56 Å². The Hall–Kier alpha value is -2.07. The Labute approximate surface area is 129 Å². The highest BCUT2D eigenvalue weighted by Gasteiger charge is 2.05. The van der Waals surface area contributed by atoms with E-state index in [0.29, 0.717) is 41.2 Å². The fourth-order valence-electron chi connectivity index (χ4n) is 1.85. The largest absolute Gasteiger partial charge is 0.493 e. The summed E-state index contributed by atoms with van der Waals surface area (Å²) < 4.78 is 16.5. The summed E-state index contributed by atoms with van der Waals surface area (Å²) in [6.45, 7) is 2.77. The summed E-state index contributed by atoms with van der Waals surface area (Å²) in [4.78, 5) is 0. The van der Waals surface area contributed by atoms with Crippen molar-refractivity contribution < 1.29 is 14.2 Å². The smallest absolute Gasteiger partial charge is 0.161 e. The number of methoxy groups -OCH3 is 1. The van der Waals surface area contributed by atoms with E-state index in [-0.39, 0.29) is 0 Å². The molecule has 2 rings (SSSR count). The van der Waals surface area contributed by atoms with Gasteiger partial charge >= 0.3 is 0 Å². The van der Waals surface area contributed by atoms with Gasteiger partial charge in [0, 0.05) is 5.02 Å². The molecule has 2 aromatic carbocycles. The highest BCUT2D eigenvalue weighted by Crippen LogP contribution is 2.28. The zero-order chi connectivity index (χ0) is 15.2. The van der Waals surface area contributed by atoms with Gasteiger partial charge in [-0.15, -0.1) is 0 Å². The van der Waals surface area contributed by atoms with Gasteiger partial charge < -0.3 is 19.9 Å². The Morgan fingerprint density at radius 1 is 0.952 bits per heavy atom. The number of ether oxygens (including phenoxy) is 3. The normalized spacial score (nSPS) is 10.2. The number of nitrogens with two attached hydrogens (primary N) is 1. The molecule has 4 nitrogen and oxygen atoms in total. The lowest BCUT2D eigenvalue weighted by Gasteiger charge is -2.12. The van der Waals surface area contributed by atoms with Crippen molar-refractivity contribution in [1.82, 2.24) is 0 Å². The molecule has 0 amide bonds. The van der Waals surface area contributed by atoms with Gasteiger partial charge in [-0.2, -0.15) is 0 Å². The fraction of sp³-hybridized carbons (Fsp3) is 0.250. The van der Waals surface area contributed by atoms with E-state index in [2.05, 4.69) is 0 Å². The minimum atomic E-state index is 0.378. The summed E-state index contributed by atoms with van der Waals surface area (Å²) in [6.07, 6.45) is 0. The second kappa shape index (κ2) is 7.09. The van der Waals surface area contributed by atoms with E-state index in [1.807, 2.05) is 25.1 Å². The minimum absolute atomic E-state index is 0.378. The minimum Gasteiger partial charge on any atom is -0.493 e. The van der Waals surface area contributed by atoms with Gasteiger partial charge in [-0.25, -0.2) is 0 Å². The molecule has 0 bridgehead atoms. The van der Waals surface area contributed by atoms with Crippen molar-refractivity contribution in [2.45, 2.75) is 6.92 Å². The van der Waals surface area contributed by atoms with Crippen molar-refractivity contribution in [2.24, 2.45) is 0 Å². The van der Waals surface area contributed by atoms with Gasteiger partial charge in [0.05, 0.1) is 12.8 Å². The van der Waals surface area contributed by atoms with E-state index in [1.54, 1.807) is 25.3 Å². The first kappa shape index (κ1) is 15.3. The molecule has 0 atom stereocenters. The molecule has 5 heteroatoms. The number of halogens is 1. The number of hydrogen-bond donors (Lipinski definition) is 1. The van der Waals surface area contributed by atoms with Crippen molar-refractivity contribution in [3.63, 3.8) is 0 Å². The van der Waals surface area contributed by atoms with Crippen molar-refractivity contribution in [1.29, 1.82) is 0 Å². The van der Waals surface area contributed by atoms with Crippen LogP contribution in [0.25, 0.3) is 0 Å². The molecule has 21 heavy (non-hydrogen) atoms. The number of aryl methyl sites for hydroxylation is 1. The molecule has 2 aromatic rings. The van der Waals surface area contributed by atoms with Crippen molar-refractivity contribution in [3.8, 4) is 17.2 Å². The van der Waals surface area contributed by atoms with Crippen LogP contribution in [0.15, 0.2) is 36.4 Å². The standard InChI is InChI=1S/C16H18ClNO3/c1-11-3-5-15(16(9-11)19-2)21-8-7-20-14-6-4-12(17)10-13(14)18/h3-6,9-10H,7-8,18H2,1-2H3. The molecule has 0 aliphatic carbocycles. The quantitative estimate of drug-likeness (QED) is 0.653. The van der Waals surface area contributed by atoms with Crippen LogP contribution < -0.4 is 19.9 Å². The van der Waals surface area contributed by atoms with Crippen LogP contribution >= 0.6 is 11.6 Å². The van der Waals surface area contributed by atoms with Crippen LogP contribution in [0.5, 0.6) is 17.2 Å². The van der Waals surface area contributed by atoms with Gasteiger partial charge in [0.2, 0.25) is 0 Å². The van der Waals surface area contributed by atoms with E-state index >= 15 is 0 Å². The van der Waals surface area contributed by atoms with Crippen LogP contribution in [0, 0.1) is 6.92 Å². The van der Waals surface area contributed by atoms with Crippen LogP contribution in [-0.4, -0.2) is 20.3 Å². The summed E-state index contributed by atoms with van der Waals surface area (Å²) in [5.74, 6) is 2.00. The fourth-order valence-corrected chi connectivity index (χ4v) is 2.03. The van der Waals surface area contributed by atoms with Crippen molar-refractivity contribution in [2.75, 3.05) is 26.1 Å². The van der Waals surface area contributed by atoms with Gasteiger partial charge in [-0.1, -0.05) is 17.7 Å². The molecule has 112 valence electrons. The van der Waals surface area contributed by atoms with Gasteiger partial charge in [0.25, 0.3) is 0 Å². The van der Waals surface area contributed by atoms with Crippen LogP contribution in [-0.2, 0) is 0 Å². The average molecular weight is 308 g/mol. The second-order valence-electron chi connectivity index (χ2n) is 4.53. The molecule has 0 aliphatic rings. The zero-order valence-electron chi connectivity index (χ0n) is 12.1. The Balaban J connectivity index is 1.87. The third kappa shape index (κ3) is 4.20. The molecule has 2 N–H and O–H groups in total. The molecule has 0 saturated carbocycles. The lowest BCUT2D eigenvalue weighted by molar-refractivity contribution is 0.212. The number of nitrogen functional groups attached to an aromatic ring is 1. The maximum atomic E-state index is 5.83. The highest BCUT2D eigenvalue weighted by molar-refractivity contribution is 6.30. The number of anilines is 1. The Morgan fingerprint density at radius 3 is 2.29 bits per heavy atom. The average Bonchev–Trinajstić information content (AvgIpc) is 2.46. The van der Waals surface area contributed by atoms with Crippen molar-refractivity contribution in [3.05, 3.63) is 47.0 Å². The Bertz CT molecular complexity index is 616. The summed E-state index contributed by atoms with van der Waals surface area (Å²) in [6, 6.07) is 10.9. The molecule has 0 radical (unpaired) electrons. The molecule has 0 saturated heterocycles. The third-order valence-electron chi connectivity index (χ3n) is 2.89. The highest BCUT2D eigenvalue weighted by atomic mass is 35.5. The monoisotopic (exact) mass is 307 g/mol. The summed E-state index contributed by atoms with van der Waals surface area (Å²) in [5.41, 5.74) is 7.43. The molecule has 0 unspecified atom stereocenters. The Morgan fingerprint density at radius 2 is 1.62 bits per heavy atom. The molecular formula is C16H18ClNO3. The molecule has 0 aromatic heterocycles. The van der Waals surface area contributed by atoms with Gasteiger partial charge in [-0.05, 0) is 42.8 Å². The summed E-state index contributed by atoms with van der Waals surface area (Å²) >= 11 is 5.83. The topological polar surface area (TPSA) is 53.7 Å². The number of hydrogen-bond acceptors (Lipinski definition) is 4. The SMILES string of the molecule is COc1cc(C)ccc1OCCOc1ccc(Cl)cc1N. The molecule has 0 aliphatic heterocycles. The van der Waals surface area contributed by atoms with Gasteiger partial charge in [0.1, 0.15) is 19.0 Å². The van der Waals surface area contributed by atoms with E-state index in [9.17, 15) is 0 Å². The van der Waals surface area contributed by atoms with Gasteiger partial charge in [-0.3, -0.25) is 0 Å². The van der Waals surface area contributed by atoms with Crippen molar-refractivity contribution >= 4 is 17.3 Å². The molecular weight excluding hydrogens is 290 g/mol. The van der Waals surface area contributed by atoms with Crippen LogP contribution in [0.4, 0.5) is 5.69 Å². The Kier molecular flexibility index (Phi) is 5.17. The lowest BCUT2D eigenvalue weighted by atomic mass is 10.2. The summed E-state index contributed by atoms with van der Waals surface area (Å²) in [7, 11) is 1.62. The number of benzene rings is 2. The lowest BCUT2D eigenvalue weighted by Crippen LogP contribution is -2.10. The first-order valence-corrected chi connectivity index (χ1v) is 6.93. The predicted molar refractivity (Wildman–Crippen MR) is 84.6 cm³/mol. The van der Waals surface area contributed by atoms with E-state index in [0.717, 1.165) is 5.56 Å². The van der Waals surface area contributed by atoms with E-state index in [1.165, 1.54) is 0 Å². The second-order valence-corrected chi connectivity index (χ2v) is 4.97. The predicted octanol–water partition coefficient (Wildman–Crippen LogP) is 3.70. The van der Waals surface area contributed by atoms with Gasteiger partial charge in [0.15, 0.2) is 11.5 Å². The molecule has 0 fully saturated rings. The third-order valence-corrected chi connectivity index (χ3v) is 3.12. The first-order chi connectivity index (χ1) is 10.1. The van der Waals surface area contributed by atoms with E-state index in [4.69, 9.17) is 31.5 Å². The maximum Gasteiger partial charge on any atom is 0.161 e. The number of rotatable bonds is 6.